The van der Waals surface area contributed by atoms with Crippen LogP contribution in [0.3, 0.4) is 0 Å². The van der Waals surface area contributed by atoms with Crippen molar-refractivity contribution in [1.82, 2.24) is 0 Å². The standard InChI is InChI=1S/C16H15NO2/c18-17(19)15-11-14(12-7-3-1-4-8-12)16(15)13-9-5-2-6-10-13/h1-10,14-16H,11H2/t14-,15-,16+/m1/s1. The zero-order valence-electron chi connectivity index (χ0n) is 10.5. The summed E-state index contributed by atoms with van der Waals surface area (Å²) >= 11 is 0. The highest BCUT2D eigenvalue weighted by molar-refractivity contribution is 5.34. The van der Waals surface area contributed by atoms with Gasteiger partial charge in [0.05, 0.1) is 5.92 Å². The average molecular weight is 253 g/mol. The molecule has 2 aromatic rings. The molecule has 0 N–H and O–H groups in total. The van der Waals surface area contributed by atoms with Crippen LogP contribution in [0.5, 0.6) is 0 Å². The minimum Gasteiger partial charge on any atom is -0.264 e. The minimum absolute atomic E-state index is 0.00130. The van der Waals surface area contributed by atoms with Crippen LogP contribution in [0.2, 0.25) is 0 Å². The maximum atomic E-state index is 11.1. The number of hydrogen-bond donors (Lipinski definition) is 0. The third-order valence-corrected chi connectivity index (χ3v) is 4.03. The van der Waals surface area contributed by atoms with E-state index in [9.17, 15) is 10.1 Å². The van der Waals surface area contributed by atoms with E-state index in [0.717, 1.165) is 5.56 Å². The number of hydrogen-bond acceptors (Lipinski definition) is 2. The van der Waals surface area contributed by atoms with Gasteiger partial charge in [0, 0.05) is 17.3 Å². The van der Waals surface area contributed by atoms with Crippen molar-refractivity contribution in [2.75, 3.05) is 0 Å². The first-order valence-electron chi connectivity index (χ1n) is 6.51. The van der Waals surface area contributed by atoms with Gasteiger partial charge in [0.25, 0.3) is 0 Å². The van der Waals surface area contributed by atoms with Gasteiger partial charge in [-0.1, -0.05) is 60.7 Å². The summed E-state index contributed by atoms with van der Waals surface area (Å²) in [6, 6.07) is 19.5. The van der Waals surface area contributed by atoms with E-state index in [1.165, 1.54) is 5.56 Å². The summed E-state index contributed by atoms with van der Waals surface area (Å²) in [4.78, 5) is 11.0. The van der Waals surface area contributed by atoms with E-state index >= 15 is 0 Å². The molecule has 0 unspecified atom stereocenters. The molecule has 1 fully saturated rings. The zero-order chi connectivity index (χ0) is 13.2. The van der Waals surface area contributed by atoms with Gasteiger partial charge in [-0.25, -0.2) is 0 Å². The summed E-state index contributed by atoms with van der Waals surface area (Å²) in [7, 11) is 0. The molecule has 0 aliphatic heterocycles. The zero-order valence-corrected chi connectivity index (χ0v) is 10.5. The van der Waals surface area contributed by atoms with Crippen LogP contribution in [-0.2, 0) is 0 Å². The maximum absolute atomic E-state index is 11.1. The Hall–Kier alpha value is -2.16. The van der Waals surface area contributed by atoms with Crippen molar-refractivity contribution in [3.8, 4) is 0 Å². The first kappa shape index (κ1) is 11.9. The Labute approximate surface area is 112 Å². The van der Waals surface area contributed by atoms with Gasteiger partial charge in [-0.15, -0.1) is 0 Å². The van der Waals surface area contributed by atoms with Gasteiger partial charge in [-0.3, -0.25) is 10.1 Å². The van der Waals surface area contributed by atoms with E-state index in [4.69, 9.17) is 0 Å². The fourth-order valence-corrected chi connectivity index (χ4v) is 3.02. The molecule has 0 spiro atoms. The van der Waals surface area contributed by atoms with Crippen LogP contribution in [0.1, 0.15) is 29.4 Å². The van der Waals surface area contributed by atoms with Crippen molar-refractivity contribution >= 4 is 0 Å². The number of nitrogens with zero attached hydrogens (tertiary/aromatic N) is 1. The van der Waals surface area contributed by atoms with Crippen molar-refractivity contribution in [1.29, 1.82) is 0 Å². The molecule has 2 aromatic carbocycles. The van der Waals surface area contributed by atoms with Gasteiger partial charge in [-0.2, -0.15) is 0 Å². The molecule has 3 atom stereocenters. The van der Waals surface area contributed by atoms with Crippen LogP contribution < -0.4 is 0 Å². The fraction of sp³-hybridized carbons (Fsp3) is 0.250. The Bertz CT molecular complexity index is 568. The molecule has 0 amide bonds. The Kier molecular flexibility index (Phi) is 3.03. The Morgan fingerprint density at radius 2 is 1.42 bits per heavy atom. The topological polar surface area (TPSA) is 43.1 Å². The van der Waals surface area contributed by atoms with Crippen molar-refractivity contribution < 1.29 is 4.92 Å². The molecular weight excluding hydrogens is 238 g/mol. The van der Waals surface area contributed by atoms with Crippen LogP contribution in [-0.4, -0.2) is 11.0 Å². The quantitative estimate of drug-likeness (QED) is 0.619. The molecule has 0 bridgehead atoms. The maximum Gasteiger partial charge on any atom is 0.221 e. The molecule has 1 aliphatic carbocycles. The smallest absolute Gasteiger partial charge is 0.221 e. The van der Waals surface area contributed by atoms with Crippen molar-refractivity contribution in [2.24, 2.45) is 0 Å². The van der Waals surface area contributed by atoms with Crippen LogP contribution in [0.4, 0.5) is 0 Å². The lowest BCUT2D eigenvalue weighted by molar-refractivity contribution is -0.542. The van der Waals surface area contributed by atoms with Crippen molar-refractivity contribution in [2.45, 2.75) is 24.3 Å². The number of benzene rings is 2. The molecule has 1 saturated carbocycles. The van der Waals surface area contributed by atoms with E-state index in [1.54, 1.807) is 0 Å². The second-order valence-electron chi connectivity index (χ2n) is 5.04. The summed E-state index contributed by atoms with van der Waals surface area (Å²) in [6.07, 6.45) is 0.635. The monoisotopic (exact) mass is 253 g/mol. The normalized spacial score (nSPS) is 25.6. The van der Waals surface area contributed by atoms with Gasteiger partial charge in [-0.05, 0) is 11.1 Å². The van der Waals surface area contributed by atoms with E-state index in [1.807, 2.05) is 48.5 Å². The third kappa shape index (κ3) is 2.12. The Balaban J connectivity index is 1.93. The van der Waals surface area contributed by atoms with Crippen LogP contribution in [0.25, 0.3) is 0 Å². The third-order valence-electron chi connectivity index (χ3n) is 4.03. The molecule has 3 rings (SSSR count). The summed E-state index contributed by atoms with van der Waals surface area (Å²) in [5.41, 5.74) is 2.28. The van der Waals surface area contributed by atoms with Gasteiger partial charge in [0.2, 0.25) is 6.04 Å². The highest BCUT2D eigenvalue weighted by Crippen LogP contribution is 2.50. The minimum atomic E-state index is -0.451. The molecule has 1 aliphatic rings. The largest absolute Gasteiger partial charge is 0.264 e. The second kappa shape index (κ2) is 4.84. The Morgan fingerprint density at radius 1 is 0.895 bits per heavy atom. The average Bonchev–Trinajstić information content (AvgIpc) is 2.39. The van der Waals surface area contributed by atoms with E-state index in [2.05, 4.69) is 12.1 Å². The molecule has 96 valence electrons. The summed E-state index contributed by atoms with van der Waals surface area (Å²) < 4.78 is 0. The van der Waals surface area contributed by atoms with Crippen LogP contribution >= 0.6 is 0 Å². The second-order valence-corrected chi connectivity index (χ2v) is 5.04. The highest BCUT2D eigenvalue weighted by Gasteiger charge is 2.50. The summed E-state index contributed by atoms with van der Waals surface area (Å²) in [6.45, 7) is 0. The van der Waals surface area contributed by atoms with E-state index in [-0.39, 0.29) is 16.8 Å². The highest BCUT2D eigenvalue weighted by atomic mass is 16.6. The summed E-state index contributed by atoms with van der Waals surface area (Å²) in [5.74, 6) is 0.262. The summed E-state index contributed by atoms with van der Waals surface area (Å²) in [5, 5.41) is 11.1. The fourth-order valence-electron chi connectivity index (χ4n) is 3.02. The van der Waals surface area contributed by atoms with E-state index < -0.39 is 6.04 Å². The molecule has 3 heteroatoms. The lowest BCUT2D eigenvalue weighted by Gasteiger charge is -2.39. The predicted octanol–water partition coefficient (Wildman–Crippen LogP) is 3.60. The van der Waals surface area contributed by atoms with Crippen molar-refractivity contribution in [3.63, 3.8) is 0 Å². The Morgan fingerprint density at radius 3 is 1.95 bits per heavy atom. The first-order valence-corrected chi connectivity index (χ1v) is 6.51. The molecule has 0 saturated heterocycles. The molecular formula is C16H15NO2. The first-order chi connectivity index (χ1) is 9.27. The van der Waals surface area contributed by atoms with Gasteiger partial charge < -0.3 is 0 Å². The lowest BCUT2D eigenvalue weighted by atomic mass is 9.63. The van der Waals surface area contributed by atoms with Crippen LogP contribution in [0.15, 0.2) is 60.7 Å². The van der Waals surface area contributed by atoms with Crippen molar-refractivity contribution in [3.05, 3.63) is 81.9 Å². The van der Waals surface area contributed by atoms with Gasteiger partial charge in [0.15, 0.2) is 0 Å². The number of nitro groups is 1. The molecule has 0 aromatic heterocycles. The SMILES string of the molecule is O=[N+]([O-])[C@@H]1C[C@H](c2ccccc2)[C@@H]1c1ccccc1. The predicted molar refractivity (Wildman–Crippen MR) is 73.8 cm³/mol. The lowest BCUT2D eigenvalue weighted by Crippen LogP contribution is -2.43. The molecule has 0 heterocycles. The molecule has 19 heavy (non-hydrogen) atoms. The molecule has 0 radical (unpaired) electrons. The number of rotatable bonds is 3. The van der Waals surface area contributed by atoms with Gasteiger partial charge >= 0.3 is 0 Å². The molecule has 3 nitrogen and oxygen atoms in total. The van der Waals surface area contributed by atoms with Gasteiger partial charge in [0.1, 0.15) is 0 Å². The van der Waals surface area contributed by atoms with E-state index in [0.29, 0.717) is 6.42 Å². The van der Waals surface area contributed by atoms with Crippen LogP contribution in [0, 0.1) is 10.1 Å².